The van der Waals surface area contributed by atoms with Crippen molar-refractivity contribution in [2.45, 2.75) is 17.9 Å². The van der Waals surface area contributed by atoms with Crippen molar-refractivity contribution in [3.05, 3.63) is 12.2 Å². The summed E-state index contributed by atoms with van der Waals surface area (Å²) in [6.07, 6.45) is 3.57. The third kappa shape index (κ3) is 3.92. The van der Waals surface area contributed by atoms with Crippen molar-refractivity contribution < 1.29 is 13.0 Å². The number of rotatable bonds is 3. The lowest BCUT2D eigenvalue weighted by Crippen LogP contribution is -2.12. The van der Waals surface area contributed by atoms with E-state index in [1.807, 2.05) is 0 Å². The Kier molecular flexibility index (Phi) is 4.00. The first-order valence-electron chi connectivity index (χ1n) is 2.74. The third-order valence-electron chi connectivity index (χ3n) is 0.917. The van der Waals surface area contributed by atoms with Gasteiger partial charge in [-0.3, -0.25) is 4.55 Å². The molecule has 0 amide bonds. The monoisotopic (exact) mass is 182 g/mol. The molecule has 0 fully saturated rings. The molecular formula is C5H10O3S2. The van der Waals surface area contributed by atoms with Gasteiger partial charge in [-0.05, 0) is 13.3 Å². The van der Waals surface area contributed by atoms with Gasteiger partial charge in [0.05, 0.1) is 0 Å². The Labute approximate surface area is 66.3 Å². The van der Waals surface area contributed by atoms with Gasteiger partial charge < -0.3 is 0 Å². The first-order valence-corrected chi connectivity index (χ1v) is 4.76. The van der Waals surface area contributed by atoms with Gasteiger partial charge in [-0.2, -0.15) is 21.0 Å². The lowest BCUT2D eigenvalue weighted by molar-refractivity contribution is 0.480. The van der Waals surface area contributed by atoms with Gasteiger partial charge in [-0.1, -0.05) is 12.2 Å². The Bertz CT molecular complexity index is 205. The molecule has 0 rings (SSSR count). The minimum Gasteiger partial charge on any atom is -0.285 e. The second-order valence-corrected chi connectivity index (χ2v) is 4.35. The second-order valence-electron chi connectivity index (χ2n) is 1.77. The van der Waals surface area contributed by atoms with E-state index in [2.05, 4.69) is 12.6 Å². The maximum absolute atomic E-state index is 10.3. The van der Waals surface area contributed by atoms with E-state index in [4.69, 9.17) is 4.55 Å². The number of hydrogen-bond donors (Lipinski definition) is 2. The smallest absolute Gasteiger partial charge is 0.277 e. The molecule has 0 heterocycles. The average molecular weight is 182 g/mol. The fourth-order valence-electron chi connectivity index (χ4n) is 0.374. The van der Waals surface area contributed by atoms with Crippen LogP contribution in [0.1, 0.15) is 13.3 Å². The lowest BCUT2D eigenvalue weighted by atomic mass is 10.4. The molecule has 0 saturated carbocycles. The average Bonchev–Trinajstić information content (AvgIpc) is 1.80. The highest BCUT2D eigenvalue weighted by Crippen LogP contribution is 2.08. The van der Waals surface area contributed by atoms with Gasteiger partial charge in [0.2, 0.25) is 0 Å². The van der Waals surface area contributed by atoms with Crippen molar-refractivity contribution in [1.29, 1.82) is 0 Å². The zero-order valence-electron chi connectivity index (χ0n) is 5.56. The van der Waals surface area contributed by atoms with Crippen molar-refractivity contribution in [3.8, 4) is 0 Å². The van der Waals surface area contributed by atoms with E-state index in [0.717, 1.165) is 0 Å². The Morgan fingerprint density at radius 2 is 2.20 bits per heavy atom. The summed E-state index contributed by atoms with van der Waals surface area (Å²) in [6.45, 7) is 1.77. The van der Waals surface area contributed by atoms with Gasteiger partial charge in [0.1, 0.15) is 4.58 Å². The molecule has 1 atom stereocenters. The maximum atomic E-state index is 10.3. The fourth-order valence-corrected chi connectivity index (χ4v) is 0.850. The maximum Gasteiger partial charge on any atom is 0.277 e. The van der Waals surface area contributed by atoms with E-state index in [1.54, 1.807) is 19.1 Å². The van der Waals surface area contributed by atoms with Gasteiger partial charge >= 0.3 is 0 Å². The highest BCUT2D eigenvalue weighted by Gasteiger charge is 2.15. The van der Waals surface area contributed by atoms with Crippen molar-refractivity contribution >= 4 is 22.7 Å². The van der Waals surface area contributed by atoms with Crippen LogP contribution in [0.4, 0.5) is 0 Å². The van der Waals surface area contributed by atoms with E-state index in [1.165, 1.54) is 0 Å². The number of thiol groups is 1. The zero-order valence-corrected chi connectivity index (χ0v) is 7.27. The summed E-state index contributed by atoms with van der Waals surface area (Å²) in [5.41, 5.74) is 0. The van der Waals surface area contributed by atoms with E-state index >= 15 is 0 Å². The zero-order chi connectivity index (χ0) is 8.20. The van der Waals surface area contributed by atoms with Crippen LogP contribution in [0.3, 0.4) is 0 Å². The Balaban J connectivity index is 3.99. The molecule has 0 aliphatic carbocycles. The van der Waals surface area contributed by atoms with Crippen LogP contribution in [0.5, 0.6) is 0 Å². The normalized spacial score (nSPS) is 15.9. The Hall–Kier alpha value is -0.0000000000000000763. The molecule has 0 spiro atoms. The number of hydrogen-bond acceptors (Lipinski definition) is 3. The molecule has 0 saturated heterocycles. The van der Waals surface area contributed by atoms with Crippen LogP contribution in [-0.2, 0) is 10.1 Å². The largest absolute Gasteiger partial charge is 0.285 e. The quantitative estimate of drug-likeness (QED) is 0.390. The predicted molar refractivity (Wildman–Crippen MR) is 43.8 cm³/mol. The molecule has 3 nitrogen and oxygen atoms in total. The molecule has 5 heteroatoms. The van der Waals surface area contributed by atoms with Crippen molar-refractivity contribution in [2.75, 3.05) is 0 Å². The van der Waals surface area contributed by atoms with Crippen LogP contribution in [0, 0.1) is 0 Å². The molecule has 60 valence electrons. The summed E-state index contributed by atoms with van der Waals surface area (Å²) in [5, 5.41) is 0. The molecule has 0 radical (unpaired) electrons. The minimum absolute atomic E-state index is 0.235. The molecule has 0 aromatic rings. The topological polar surface area (TPSA) is 54.4 Å². The number of allylic oxidation sites excluding steroid dienone is 2. The first-order chi connectivity index (χ1) is 4.48. The van der Waals surface area contributed by atoms with Crippen molar-refractivity contribution in [3.63, 3.8) is 0 Å². The molecule has 0 aliphatic heterocycles. The highest BCUT2D eigenvalue weighted by molar-refractivity contribution is 8.01. The van der Waals surface area contributed by atoms with Crippen LogP contribution in [-0.4, -0.2) is 17.6 Å². The van der Waals surface area contributed by atoms with Crippen LogP contribution < -0.4 is 0 Å². The summed E-state index contributed by atoms with van der Waals surface area (Å²) < 4.78 is 27.9. The molecular weight excluding hydrogens is 172 g/mol. The summed E-state index contributed by atoms with van der Waals surface area (Å²) in [7, 11) is -3.96. The molecule has 0 aliphatic rings. The summed E-state index contributed by atoms with van der Waals surface area (Å²) in [6, 6.07) is 0. The van der Waals surface area contributed by atoms with Gasteiger partial charge in [0.25, 0.3) is 10.1 Å². The van der Waals surface area contributed by atoms with Gasteiger partial charge in [-0.25, -0.2) is 0 Å². The van der Waals surface area contributed by atoms with Gasteiger partial charge in [0.15, 0.2) is 0 Å². The van der Waals surface area contributed by atoms with Crippen molar-refractivity contribution in [1.82, 2.24) is 0 Å². The predicted octanol–water partition coefficient (Wildman–Crippen LogP) is 1.10. The third-order valence-corrected chi connectivity index (χ3v) is 2.81. The lowest BCUT2D eigenvalue weighted by Gasteiger charge is -2.01. The van der Waals surface area contributed by atoms with Gasteiger partial charge in [-0.15, -0.1) is 0 Å². The van der Waals surface area contributed by atoms with Gasteiger partial charge in [0, 0.05) is 0 Å². The Morgan fingerprint density at radius 1 is 1.70 bits per heavy atom. The van der Waals surface area contributed by atoms with Crippen LogP contribution >= 0.6 is 12.6 Å². The van der Waals surface area contributed by atoms with E-state index in [9.17, 15) is 8.42 Å². The molecule has 0 aromatic carbocycles. The molecule has 10 heavy (non-hydrogen) atoms. The van der Waals surface area contributed by atoms with Crippen LogP contribution in [0.2, 0.25) is 0 Å². The summed E-state index contributed by atoms with van der Waals surface area (Å²) in [4.78, 5) is 0. The molecule has 1 N–H and O–H groups in total. The summed E-state index contributed by atoms with van der Waals surface area (Å²) >= 11 is 3.66. The molecule has 1 unspecified atom stereocenters. The molecule has 0 bridgehead atoms. The minimum atomic E-state index is -3.96. The van der Waals surface area contributed by atoms with Crippen LogP contribution in [0.25, 0.3) is 0 Å². The Morgan fingerprint density at radius 3 is 2.50 bits per heavy atom. The van der Waals surface area contributed by atoms with E-state index < -0.39 is 14.7 Å². The van der Waals surface area contributed by atoms with Crippen molar-refractivity contribution in [2.24, 2.45) is 0 Å². The first kappa shape index (κ1) is 10.0. The van der Waals surface area contributed by atoms with E-state index in [0.29, 0.717) is 0 Å². The SMILES string of the molecule is CC=CCC(S)S(=O)(=O)O. The fraction of sp³-hybridized carbons (Fsp3) is 0.600. The van der Waals surface area contributed by atoms with E-state index in [-0.39, 0.29) is 6.42 Å². The van der Waals surface area contributed by atoms with Crippen LogP contribution in [0.15, 0.2) is 12.2 Å². The summed E-state index contributed by atoms with van der Waals surface area (Å²) in [5.74, 6) is 0. The standard InChI is InChI=1S/C5H10O3S2/c1-2-3-4-5(9)10(6,7)8/h2-3,5,9H,4H2,1H3,(H,6,7,8). The second kappa shape index (κ2) is 4.00. The molecule has 0 aromatic heterocycles. The highest BCUT2D eigenvalue weighted by atomic mass is 32.3.